The number of aromatic nitrogens is 5. The maximum absolute atomic E-state index is 5.84. The molecule has 0 radical (unpaired) electrons. The standard InChI is InChI=1S/C18H18N8S3/c19-15-22-14(23-16(24-15)21-12-5-2-1-3-6-12)11-28-18-26-25-17(29-18)20-9-8-13-7-4-10-27-13/h1-7,10H,8-9,11H2,(H,20,25)(H3,19,21,22,23,24). The number of nitrogen functional groups attached to an aromatic ring is 1. The average Bonchev–Trinajstić information content (AvgIpc) is 3.39. The number of hydrogen-bond donors (Lipinski definition) is 3. The summed E-state index contributed by atoms with van der Waals surface area (Å²) in [5, 5.41) is 17.7. The number of anilines is 4. The number of thioether (sulfide) groups is 1. The molecule has 0 atom stereocenters. The van der Waals surface area contributed by atoms with E-state index < -0.39 is 0 Å². The van der Waals surface area contributed by atoms with Gasteiger partial charge in [-0.15, -0.1) is 21.5 Å². The predicted octanol–water partition coefficient (Wildman–Crippen LogP) is 4.06. The molecule has 11 heteroatoms. The van der Waals surface area contributed by atoms with Crippen molar-refractivity contribution in [1.29, 1.82) is 0 Å². The normalized spacial score (nSPS) is 10.8. The number of thiophene rings is 1. The number of rotatable bonds is 9. The van der Waals surface area contributed by atoms with Gasteiger partial charge in [-0.05, 0) is 30.0 Å². The van der Waals surface area contributed by atoms with Gasteiger partial charge in [-0.2, -0.15) is 15.0 Å². The first-order valence-corrected chi connectivity index (χ1v) is 11.5. The fourth-order valence-corrected chi connectivity index (χ4v) is 4.76. The minimum atomic E-state index is 0.183. The fourth-order valence-electron chi connectivity index (χ4n) is 2.42. The largest absolute Gasteiger partial charge is 0.368 e. The van der Waals surface area contributed by atoms with Crippen LogP contribution in [0.5, 0.6) is 0 Å². The maximum Gasteiger partial charge on any atom is 0.232 e. The quantitative estimate of drug-likeness (QED) is 0.330. The minimum Gasteiger partial charge on any atom is -0.368 e. The Morgan fingerprint density at radius 1 is 1.00 bits per heavy atom. The van der Waals surface area contributed by atoms with Crippen molar-refractivity contribution in [1.82, 2.24) is 25.1 Å². The molecule has 0 unspecified atom stereocenters. The van der Waals surface area contributed by atoms with Crippen LogP contribution < -0.4 is 16.4 Å². The van der Waals surface area contributed by atoms with Gasteiger partial charge >= 0.3 is 0 Å². The Balaban J connectivity index is 1.31. The Bertz CT molecular complexity index is 1040. The van der Waals surface area contributed by atoms with Crippen LogP contribution in [0.25, 0.3) is 0 Å². The van der Waals surface area contributed by atoms with Crippen LogP contribution in [0, 0.1) is 0 Å². The Kier molecular flexibility index (Phi) is 6.49. The van der Waals surface area contributed by atoms with E-state index in [0.717, 1.165) is 28.1 Å². The summed E-state index contributed by atoms with van der Waals surface area (Å²) in [5.74, 6) is 1.72. The molecule has 0 spiro atoms. The molecule has 4 rings (SSSR count). The molecule has 0 aliphatic rings. The van der Waals surface area contributed by atoms with E-state index in [4.69, 9.17) is 5.73 Å². The minimum absolute atomic E-state index is 0.183. The summed E-state index contributed by atoms with van der Waals surface area (Å²) in [4.78, 5) is 14.1. The van der Waals surface area contributed by atoms with Crippen molar-refractivity contribution in [3.8, 4) is 0 Å². The van der Waals surface area contributed by atoms with Gasteiger partial charge in [-0.25, -0.2) is 0 Å². The molecular formula is C18H18N8S3. The predicted molar refractivity (Wildman–Crippen MR) is 120 cm³/mol. The molecule has 8 nitrogen and oxygen atoms in total. The lowest BCUT2D eigenvalue weighted by atomic mass is 10.3. The van der Waals surface area contributed by atoms with E-state index in [0.29, 0.717) is 17.5 Å². The molecule has 3 aromatic heterocycles. The maximum atomic E-state index is 5.84. The van der Waals surface area contributed by atoms with Crippen LogP contribution in [0.15, 0.2) is 52.2 Å². The van der Waals surface area contributed by atoms with Crippen LogP contribution in [0.4, 0.5) is 22.7 Å². The summed E-state index contributed by atoms with van der Waals surface area (Å²) in [7, 11) is 0. The van der Waals surface area contributed by atoms with Gasteiger partial charge in [-0.1, -0.05) is 47.4 Å². The van der Waals surface area contributed by atoms with Gasteiger partial charge in [0.1, 0.15) is 5.82 Å². The van der Waals surface area contributed by atoms with Crippen LogP contribution in [-0.2, 0) is 12.2 Å². The van der Waals surface area contributed by atoms with E-state index in [1.54, 1.807) is 11.3 Å². The highest BCUT2D eigenvalue weighted by atomic mass is 32.2. The molecule has 3 heterocycles. The van der Waals surface area contributed by atoms with Gasteiger partial charge in [0.25, 0.3) is 0 Å². The van der Waals surface area contributed by atoms with E-state index in [9.17, 15) is 0 Å². The number of nitrogens with one attached hydrogen (secondary N) is 2. The summed E-state index contributed by atoms with van der Waals surface area (Å²) in [6.07, 6.45) is 0.973. The molecule has 148 valence electrons. The van der Waals surface area contributed by atoms with Crippen molar-refractivity contribution < 1.29 is 0 Å². The molecular weight excluding hydrogens is 424 g/mol. The molecule has 0 saturated heterocycles. The van der Waals surface area contributed by atoms with E-state index in [2.05, 4.69) is 53.3 Å². The monoisotopic (exact) mass is 442 g/mol. The lowest BCUT2D eigenvalue weighted by molar-refractivity contribution is 0.968. The zero-order valence-corrected chi connectivity index (χ0v) is 17.7. The highest BCUT2D eigenvalue weighted by molar-refractivity contribution is 8.00. The Morgan fingerprint density at radius 2 is 1.90 bits per heavy atom. The van der Waals surface area contributed by atoms with Crippen molar-refractivity contribution in [2.45, 2.75) is 16.5 Å². The third-order valence-electron chi connectivity index (χ3n) is 3.69. The van der Waals surface area contributed by atoms with Crippen LogP contribution in [0.1, 0.15) is 10.7 Å². The SMILES string of the molecule is Nc1nc(CSc2nnc(NCCc3cccs3)s2)nc(Nc2ccccc2)n1. The number of nitrogens with zero attached hydrogens (tertiary/aromatic N) is 5. The summed E-state index contributed by atoms with van der Waals surface area (Å²) in [5.41, 5.74) is 6.72. The molecule has 0 amide bonds. The third-order valence-corrected chi connectivity index (χ3v) is 6.63. The summed E-state index contributed by atoms with van der Waals surface area (Å²) < 4.78 is 0.847. The zero-order chi connectivity index (χ0) is 19.9. The van der Waals surface area contributed by atoms with Crippen molar-refractivity contribution >= 4 is 57.2 Å². The highest BCUT2D eigenvalue weighted by Gasteiger charge is 2.09. The van der Waals surface area contributed by atoms with Crippen LogP contribution in [0.2, 0.25) is 0 Å². The fraction of sp³-hybridized carbons (Fsp3) is 0.167. The first-order chi connectivity index (χ1) is 14.2. The zero-order valence-electron chi connectivity index (χ0n) is 15.3. The van der Waals surface area contributed by atoms with E-state index in [1.165, 1.54) is 28.0 Å². The lowest BCUT2D eigenvalue weighted by Crippen LogP contribution is -2.06. The molecule has 4 aromatic rings. The smallest absolute Gasteiger partial charge is 0.232 e. The summed E-state index contributed by atoms with van der Waals surface area (Å²) in [6, 6.07) is 13.9. The van der Waals surface area contributed by atoms with Crippen LogP contribution >= 0.6 is 34.4 Å². The first kappa shape index (κ1) is 19.6. The Labute approximate surface area is 180 Å². The molecule has 1 aromatic carbocycles. The molecule has 4 N–H and O–H groups in total. The van der Waals surface area contributed by atoms with Crippen molar-refractivity contribution in [3.63, 3.8) is 0 Å². The molecule has 0 aliphatic heterocycles. The highest BCUT2D eigenvalue weighted by Crippen LogP contribution is 2.28. The third kappa shape index (κ3) is 5.86. The molecule has 0 aliphatic carbocycles. The summed E-state index contributed by atoms with van der Waals surface area (Å²) in [6.45, 7) is 0.832. The number of hydrogen-bond acceptors (Lipinski definition) is 11. The Morgan fingerprint density at radius 3 is 2.72 bits per heavy atom. The van der Waals surface area contributed by atoms with Gasteiger partial charge in [0.15, 0.2) is 4.34 Å². The Hall–Kier alpha value is -2.76. The molecule has 0 fully saturated rings. The number of benzene rings is 1. The van der Waals surface area contributed by atoms with Crippen molar-refractivity contribution in [2.75, 3.05) is 22.9 Å². The molecule has 0 bridgehead atoms. The number of para-hydroxylation sites is 1. The lowest BCUT2D eigenvalue weighted by Gasteiger charge is -2.06. The topological polar surface area (TPSA) is 115 Å². The van der Waals surface area contributed by atoms with Crippen LogP contribution in [-0.4, -0.2) is 31.7 Å². The van der Waals surface area contributed by atoms with E-state index in [1.807, 2.05) is 30.3 Å². The second-order valence-corrected chi connectivity index (χ2v) is 9.07. The second-order valence-electron chi connectivity index (χ2n) is 5.84. The van der Waals surface area contributed by atoms with E-state index in [-0.39, 0.29) is 5.95 Å². The second kappa shape index (κ2) is 9.63. The van der Waals surface area contributed by atoms with Gasteiger partial charge in [-0.3, -0.25) is 0 Å². The van der Waals surface area contributed by atoms with Crippen LogP contribution in [0.3, 0.4) is 0 Å². The number of nitrogens with two attached hydrogens (primary N) is 1. The molecule has 0 saturated carbocycles. The molecule has 29 heavy (non-hydrogen) atoms. The van der Waals surface area contributed by atoms with E-state index >= 15 is 0 Å². The van der Waals surface area contributed by atoms with Gasteiger partial charge in [0.05, 0.1) is 5.75 Å². The van der Waals surface area contributed by atoms with Gasteiger partial charge < -0.3 is 16.4 Å². The van der Waals surface area contributed by atoms with Gasteiger partial charge in [0, 0.05) is 17.1 Å². The van der Waals surface area contributed by atoms with Crippen molar-refractivity contribution in [3.05, 3.63) is 58.5 Å². The first-order valence-electron chi connectivity index (χ1n) is 8.80. The summed E-state index contributed by atoms with van der Waals surface area (Å²) >= 11 is 4.80. The van der Waals surface area contributed by atoms with Gasteiger partial charge in [0.2, 0.25) is 17.0 Å². The average molecular weight is 443 g/mol. The van der Waals surface area contributed by atoms with Crippen molar-refractivity contribution in [2.24, 2.45) is 0 Å².